The maximum absolute atomic E-state index is 12.3. The highest BCUT2D eigenvalue weighted by molar-refractivity contribution is 5.82. The average Bonchev–Trinajstić information content (AvgIpc) is 2.62. The maximum Gasteiger partial charge on any atom is 0.336 e. The first kappa shape index (κ1) is 19.5. The highest BCUT2D eigenvalue weighted by Gasteiger charge is 2.40. The Hall–Kier alpha value is -2.30. The third kappa shape index (κ3) is 4.52. The molecule has 0 bridgehead atoms. The van der Waals surface area contributed by atoms with Crippen molar-refractivity contribution in [3.05, 3.63) is 40.2 Å². The van der Waals surface area contributed by atoms with Crippen LogP contribution < -0.4 is 10.4 Å². The van der Waals surface area contributed by atoms with Crippen LogP contribution in [0.3, 0.4) is 0 Å². The van der Waals surface area contributed by atoms with E-state index in [2.05, 4.69) is 6.92 Å². The van der Waals surface area contributed by atoms with Gasteiger partial charge in [0, 0.05) is 29.9 Å². The summed E-state index contributed by atoms with van der Waals surface area (Å²) >= 11 is 0. The monoisotopic (exact) mass is 372 g/mol. The summed E-state index contributed by atoms with van der Waals surface area (Å²) in [6.45, 7) is 6.00. The summed E-state index contributed by atoms with van der Waals surface area (Å²) in [5.41, 5.74) is 0.246. The van der Waals surface area contributed by atoms with Crippen molar-refractivity contribution in [2.45, 2.75) is 77.4 Å². The lowest BCUT2D eigenvalue weighted by Crippen LogP contribution is -2.48. The predicted molar refractivity (Wildman–Crippen MR) is 104 cm³/mol. The Morgan fingerprint density at radius 1 is 1.15 bits per heavy atom. The van der Waals surface area contributed by atoms with E-state index >= 15 is 0 Å². The van der Waals surface area contributed by atoms with Gasteiger partial charge in [-0.05, 0) is 38.5 Å². The van der Waals surface area contributed by atoms with Gasteiger partial charge in [0.2, 0.25) is 0 Å². The number of carbonyl (C=O) groups excluding carboxylic acids is 1. The Bertz CT molecular complexity index is 865. The van der Waals surface area contributed by atoms with E-state index in [9.17, 15) is 9.59 Å². The molecule has 0 saturated heterocycles. The number of hydrogen-bond acceptors (Lipinski definition) is 5. The fourth-order valence-electron chi connectivity index (χ4n) is 3.52. The molecule has 1 atom stereocenters. The molecule has 1 aromatic heterocycles. The summed E-state index contributed by atoms with van der Waals surface area (Å²) in [7, 11) is 0. The number of hydrogen-bond donors (Lipinski definition) is 0. The SMILES string of the molecule is CCCCCCCC(=O)O[C@H]1Cc2c(ccc3ccc(=O)oc23)OC1(C)C. The van der Waals surface area contributed by atoms with Crippen molar-refractivity contribution < 1.29 is 18.7 Å². The lowest BCUT2D eigenvalue weighted by molar-refractivity contribution is -0.161. The smallest absolute Gasteiger partial charge is 0.336 e. The van der Waals surface area contributed by atoms with E-state index in [1.54, 1.807) is 6.07 Å². The molecule has 0 N–H and O–H groups in total. The summed E-state index contributed by atoms with van der Waals surface area (Å²) in [6, 6.07) is 6.89. The van der Waals surface area contributed by atoms with Crippen LogP contribution in [-0.2, 0) is 16.0 Å². The van der Waals surface area contributed by atoms with Crippen LogP contribution >= 0.6 is 0 Å². The molecule has 1 aliphatic heterocycles. The molecule has 0 aliphatic carbocycles. The number of fused-ring (bicyclic) bond motifs is 3. The molecule has 0 saturated carbocycles. The minimum atomic E-state index is -0.645. The van der Waals surface area contributed by atoms with E-state index in [1.165, 1.54) is 18.9 Å². The topological polar surface area (TPSA) is 65.7 Å². The van der Waals surface area contributed by atoms with E-state index < -0.39 is 17.3 Å². The largest absolute Gasteiger partial charge is 0.484 e. The highest BCUT2D eigenvalue weighted by atomic mass is 16.6. The van der Waals surface area contributed by atoms with Crippen LogP contribution in [0.4, 0.5) is 0 Å². The molecule has 1 aromatic carbocycles. The molecular formula is C22H28O5. The zero-order valence-electron chi connectivity index (χ0n) is 16.4. The van der Waals surface area contributed by atoms with Crippen LogP contribution in [0, 0.1) is 0 Å². The lowest BCUT2D eigenvalue weighted by atomic mass is 9.90. The number of rotatable bonds is 7. The molecule has 146 valence electrons. The Labute approximate surface area is 159 Å². The molecule has 0 amide bonds. The Morgan fingerprint density at radius 3 is 2.67 bits per heavy atom. The van der Waals surface area contributed by atoms with Gasteiger partial charge >= 0.3 is 11.6 Å². The minimum absolute atomic E-state index is 0.196. The van der Waals surface area contributed by atoms with Crippen molar-refractivity contribution in [2.75, 3.05) is 0 Å². The van der Waals surface area contributed by atoms with E-state index in [0.29, 0.717) is 24.2 Å². The van der Waals surface area contributed by atoms with Crippen LogP contribution in [0.15, 0.2) is 33.5 Å². The summed E-state index contributed by atoms with van der Waals surface area (Å²) in [4.78, 5) is 24.0. The van der Waals surface area contributed by atoms with Gasteiger partial charge in [-0.15, -0.1) is 0 Å². The molecule has 1 aliphatic rings. The quantitative estimate of drug-likeness (QED) is 0.398. The van der Waals surface area contributed by atoms with Gasteiger partial charge < -0.3 is 13.9 Å². The van der Waals surface area contributed by atoms with Crippen LogP contribution in [-0.4, -0.2) is 17.7 Å². The van der Waals surface area contributed by atoms with Gasteiger partial charge in [0.15, 0.2) is 0 Å². The fraction of sp³-hybridized carbons (Fsp3) is 0.545. The normalized spacial score (nSPS) is 18.0. The summed E-state index contributed by atoms with van der Waals surface area (Å²) in [6.07, 6.45) is 5.90. The van der Waals surface area contributed by atoms with Gasteiger partial charge in [0.05, 0.1) is 0 Å². The number of unbranched alkanes of at least 4 members (excludes halogenated alkanes) is 4. The number of benzene rings is 1. The molecule has 5 nitrogen and oxygen atoms in total. The summed E-state index contributed by atoms with van der Waals surface area (Å²) in [5, 5.41) is 0.831. The maximum atomic E-state index is 12.3. The molecule has 3 rings (SSSR count). The molecular weight excluding hydrogens is 344 g/mol. The zero-order chi connectivity index (χ0) is 19.4. The molecule has 2 heterocycles. The van der Waals surface area contributed by atoms with Gasteiger partial charge in [-0.2, -0.15) is 0 Å². The molecule has 0 fully saturated rings. The van der Waals surface area contributed by atoms with E-state index in [-0.39, 0.29) is 5.97 Å². The first-order valence-corrected chi connectivity index (χ1v) is 9.85. The fourth-order valence-corrected chi connectivity index (χ4v) is 3.52. The van der Waals surface area contributed by atoms with E-state index in [1.807, 2.05) is 26.0 Å². The highest BCUT2D eigenvalue weighted by Crippen LogP contribution is 2.38. The number of esters is 1. The van der Waals surface area contributed by atoms with Crippen molar-refractivity contribution >= 4 is 16.9 Å². The van der Waals surface area contributed by atoms with Gasteiger partial charge in [0.1, 0.15) is 23.0 Å². The Balaban J connectivity index is 1.74. The first-order valence-electron chi connectivity index (χ1n) is 9.85. The molecule has 0 unspecified atom stereocenters. The van der Waals surface area contributed by atoms with Crippen molar-refractivity contribution in [3.63, 3.8) is 0 Å². The summed E-state index contributed by atoms with van der Waals surface area (Å²) < 4.78 is 17.3. The van der Waals surface area contributed by atoms with Crippen LogP contribution in [0.5, 0.6) is 5.75 Å². The van der Waals surface area contributed by atoms with Crippen molar-refractivity contribution in [1.82, 2.24) is 0 Å². The molecule has 2 aromatic rings. The number of ether oxygens (including phenoxy) is 2. The number of carbonyl (C=O) groups is 1. The first-order chi connectivity index (χ1) is 12.9. The standard InChI is InChI=1S/C22H28O5/c1-4-5-6-7-8-9-19(23)25-18-14-16-17(27-22(18,2)3)12-10-15-11-13-20(24)26-21(15)16/h10-13,18H,4-9,14H2,1-3H3/t18-/m0/s1. The molecule has 0 spiro atoms. The second-order valence-electron chi connectivity index (χ2n) is 7.77. The Kier molecular flexibility index (Phi) is 5.88. The van der Waals surface area contributed by atoms with Crippen molar-refractivity contribution in [1.29, 1.82) is 0 Å². The molecule has 27 heavy (non-hydrogen) atoms. The van der Waals surface area contributed by atoms with E-state index in [4.69, 9.17) is 13.9 Å². The van der Waals surface area contributed by atoms with Gasteiger partial charge in [-0.25, -0.2) is 4.79 Å². The minimum Gasteiger partial charge on any atom is -0.484 e. The van der Waals surface area contributed by atoms with E-state index in [0.717, 1.165) is 30.2 Å². The van der Waals surface area contributed by atoms with Gasteiger partial charge in [-0.1, -0.05) is 32.6 Å². The Morgan fingerprint density at radius 2 is 1.89 bits per heavy atom. The van der Waals surface area contributed by atoms with Gasteiger partial charge in [-0.3, -0.25) is 4.79 Å². The van der Waals surface area contributed by atoms with Gasteiger partial charge in [0.25, 0.3) is 0 Å². The zero-order valence-corrected chi connectivity index (χ0v) is 16.4. The second kappa shape index (κ2) is 8.15. The summed E-state index contributed by atoms with van der Waals surface area (Å²) in [5.74, 6) is 0.479. The third-order valence-corrected chi connectivity index (χ3v) is 5.15. The average molecular weight is 372 g/mol. The second-order valence-corrected chi connectivity index (χ2v) is 7.77. The third-order valence-electron chi connectivity index (χ3n) is 5.15. The lowest BCUT2D eigenvalue weighted by Gasteiger charge is -2.39. The van der Waals surface area contributed by atoms with Crippen molar-refractivity contribution in [2.24, 2.45) is 0 Å². The predicted octanol–water partition coefficient (Wildman–Crippen LogP) is 4.78. The molecule has 5 heteroatoms. The van der Waals surface area contributed by atoms with Crippen molar-refractivity contribution in [3.8, 4) is 5.75 Å². The van der Waals surface area contributed by atoms with Crippen LogP contribution in [0.1, 0.15) is 64.9 Å². The van der Waals surface area contributed by atoms with Crippen LogP contribution in [0.25, 0.3) is 11.0 Å². The van der Waals surface area contributed by atoms with Crippen LogP contribution in [0.2, 0.25) is 0 Å². The molecule has 0 radical (unpaired) electrons.